The minimum atomic E-state index is -0.898. The molecule has 28 heavy (non-hydrogen) atoms. The lowest BCUT2D eigenvalue weighted by Gasteiger charge is -2.16. The quantitative estimate of drug-likeness (QED) is 0.370. The van der Waals surface area contributed by atoms with Crippen LogP contribution in [0.5, 0.6) is 0 Å². The van der Waals surface area contributed by atoms with Crippen LogP contribution in [-0.2, 0) is 6.54 Å². The molecule has 2 aromatic rings. The fourth-order valence-electron chi connectivity index (χ4n) is 2.88. The van der Waals surface area contributed by atoms with E-state index >= 15 is 0 Å². The number of fused-ring (bicyclic) bond motifs is 1. The molecule has 9 heteroatoms. The fourth-order valence-corrected chi connectivity index (χ4v) is 3.26. The summed E-state index contributed by atoms with van der Waals surface area (Å²) in [5.74, 6) is -1.29. The molecular formula is C19H11ClF2N4OS. The van der Waals surface area contributed by atoms with Crippen LogP contribution in [0.15, 0.2) is 59.7 Å². The molecule has 0 spiro atoms. The first-order chi connectivity index (χ1) is 13.4. The van der Waals surface area contributed by atoms with E-state index in [0.29, 0.717) is 23.6 Å². The molecule has 0 aliphatic carbocycles. The second kappa shape index (κ2) is 7.21. The van der Waals surface area contributed by atoms with Gasteiger partial charge in [-0.3, -0.25) is 4.79 Å². The van der Waals surface area contributed by atoms with E-state index in [2.05, 4.69) is 9.97 Å². The number of aromatic nitrogens is 4. The zero-order chi connectivity index (χ0) is 19.8. The first-order valence-electron chi connectivity index (χ1n) is 8.12. The molecule has 0 radical (unpaired) electrons. The van der Waals surface area contributed by atoms with Crippen molar-refractivity contribution in [1.82, 2.24) is 19.1 Å². The van der Waals surface area contributed by atoms with E-state index < -0.39 is 17.2 Å². The summed E-state index contributed by atoms with van der Waals surface area (Å²) in [6.07, 6.45) is 3.37. The highest BCUT2D eigenvalue weighted by atomic mass is 35.5. The van der Waals surface area contributed by atoms with Crippen LogP contribution in [0.2, 0.25) is 5.15 Å². The van der Waals surface area contributed by atoms with Crippen molar-refractivity contribution < 1.29 is 8.78 Å². The average molecular weight is 417 g/mol. The van der Waals surface area contributed by atoms with Gasteiger partial charge >= 0.3 is 0 Å². The molecule has 5 nitrogen and oxygen atoms in total. The van der Waals surface area contributed by atoms with Gasteiger partial charge in [-0.1, -0.05) is 17.7 Å². The molecule has 4 rings (SSSR count). The Labute approximate surface area is 167 Å². The maximum Gasteiger partial charge on any atom is 0.268 e. The Balaban J connectivity index is 1.88. The van der Waals surface area contributed by atoms with Crippen LogP contribution < -0.4 is 5.56 Å². The predicted octanol–water partition coefficient (Wildman–Crippen LogP) is 4.24. The van der Waals surface area contributed by atoms with E-state index in [1.54, 1.807) is 35.2 Å². The summed E-state index contributed by atoms with van der Waals surface area (Å²) in [6, 6.07) is 9.65. The van der Waals surface area contributed by atoms with Crippen molar-refractivity contribution >= 4 is 23.8 Å². The lowest BCUT2D eigenvalue weighted by molar-refractivity contribution is 0.575. The summed E-state index contributed by atoms with van der Waals surface area (Å²) < 4.78 is 30.0. The Bertz CT molecular complexity index is 1270. The molecule has 3 heterocycles. The average Bonchev–Trinajstić information content (AvgIpc) is 2.66. The molecule has 0 bridgehead atoms. The van der Waals surface area contributed by atoms with Gasteiger partial charge in [0.15, 0.2) is 0 Å². The van der Waals surface area contributed by atoms with E-state index in [0.717, 1.165) is 22.3 Å². The number of nitrogens with zero attached hydrogens (tertiary/aromatic N) is 4. The summed E-state index contributed by atoms with van der Waals surface area (Å²) in [5.41, 5.74) is 0.414. The number of rotatable bonds is 3. The summed E-state index contributed by atoms with van der Waals surface area (Å²) in [4.78, 5) is 21.3. The highest BCUT2D eigenvalue weighted by Crippen LogP contribution is 2.20. The monoisotopic (exact) mass is 416 g/mol. The van der Waals surface area contributed by atoms with Crippen molar-refractivity contribution in [3.63, 3.8) is 0 Å². The van der Waals surface area contributed by atoms with Crippen LogP contribution in [0, 0.1) is 16.4 Å². The fraction of sp³-hybridized carbons (Fsp3) is 0.0526. The van der Waals surface area contributed by atoms with Crippen LogP contribution in [-0.4, -0.2) is 19.1 Å². The molecule has 140 valence electrons. The molecule has 1 aromatic carbocycles. The molecule has 1 aromatic heterocycles. The second-order valence-electron chi connectivity index (χ2n) is 5.99. The summed E-state index contributed by atoms with van der Waals surface area (Å²) in [7, 11) is 0. The summed E-state index contributed by atoms with van der Waals surface area (Å²) in [5, 5.41) is 0.377. The Morgan fingerprint density at radius 2 is 1.96 bits per heavy atom. The smallest absolute Gasteiger partial charge is 0.268 e. The van der Waals surface area contributed by atoms with Crippen molar-refractivity contribution in [1.29, 1.82) is 0 Å². The molecule has 0 atom stereocenters. The van der Waals surface area contributed by atoms with E-state index in [4.69, 9.17) is 23.8 Å². The molecule has 0 saturated heterocycles. The van der Waals surface area contributed by atoms with E-state index in [1.165, 1.54) is 0 Å². The molecule has 0 unspecified atom stereocenters. The Morgan fingerprint density at radius 3 is 2.68 bits per heavy atom. The Hall–Kier alpha value is -2.97. The van der Waals surface area contributed by atoms with Gasteiger partial charge < -0.3 is 4.57 Å². The number of hydrogen-bond acceptors (Lipinski definition) is 4. The standard InChI is InChI=1S/C19H11ClF2N4OS/c20-16-6-3-11(9-23-16)10-25-7-1-2-13-17(25)24-19(28)26(18(13)27)15-5-4-12(21)8-14(15)22/h1-9H,10H2. The minimum Gasteiger partial charge on any atom is -0.328 e. The maximum absolute atomic E-state index is 14.2. The van der Waals surface area contributed by atoms with Gasteiger partial charge in [0.2, 0.25) is 4.77 Å². The lowest BCUT2D eigenvalue weighted by atomic mass is 10.2. The Morgan fingerprint density at radius 1 is 1.14 bits per heavy atom. The number of halogens is 3. The van der Waals surface area contributed by atoms with Gasteiger partial charge in [-0.25, -0.2) is 23.3 Å². The molecule has 2 aliphatic heterocycles. The Kier molecular flexibility index (Phi) is 4.74. The second-order valence-corrected chi connectivity index (χ2v) is 6.75. The predicted molar refractivity (Wildman–Crippen MR) is 104 cm³/mol. The topological polar surface area (TPSA) is 52.7 Å². The lowest BCUT2D eigenvalue weighted by Crippen LogP contribution is -2.26. The SMILES string of the molecule is O=c1c2cccn(Cc3ccc(Cl)nc3)c-2nc(=S)n1-c1ccc(F)cc1F. The van der Waals surface area contributed by atoms with Crippen LogP contribution in [0.1, 0.15) is 5.56 Å². The van der Waals surface area contributed by atoms with Crippen LogP contribution >= 0.6 is 23.8 Å². The third-order valence-corrected chi connectivity index (χ3v) is 4.66. The summed E-state index contributed by atoms with van der Waals surface area (Å²) >= 11 is 11.0. The van der Waals surface area contributed by atoms with Crippen molar-refractivity contribution in [3.05, 3.63) is 92.3 Å². The third-order valence-electron chi connectivity index (χ3n) is 4.16. The van der Waals surface area contributed by atoms with Gasteiger partial charge in [-0.2, -0.15) is 0 Å². The highest BCUT2D eigenvalue weighted by molar-refractivity contribution is 7.71. The van der Waals surface area contributed by atoms with Gasteiger partial charge in [-0.15, -0.1) is 0 Å². The highest BCUT2D eigenvalue weighted by Gasteiger charge is 2.18. The first-order valence-corrected chi connectivity index (χ1v) is 8.91. The number of hydrogen-bond donors (Lipinski definition) is 0. The van der Waals surface area contributed by atoms with E-state index in [9.17, 15) is 13.6 Å². The van der Waals surface area contributed by atoms with E-state index in [-0.39, 0.29) is 16.0 Å². The van der Waals surface area contributed by atoms with Gasteiger partial charge in [0, 0.05) is 18.5 Å². The number of pyridine rings is 2. The van der Waals surface area contributed by atoms with Gasteiger partial charge in [0.1, 0.15) is 22.6 Å². The molecule has 0 N–H and O–H groups in total. The summed E-state index contributed by atoms with van der Waals surface area (Å²) in [6.45, 7) is 0.387. The van der Waals surface area contributed by atoms with Crippen molar-refractivity contribution in [3.8, 4) is 17.1 Å². The normalized spacial score (nSPS) is 11.1. The minimum absolute atomic E-state index is 0.128. The van der Waals surface area contributed by atoms with Gasteiger partial charge in [0.25, 0.3) is 5.56 Å². The molecule has 2 aliphatic rings. The molecular weight excluding hydrogens is 406 g/mol. The first kappa shape index (κ1) is 18.4. The van der Waals surface area contributed by atoms with Crippen LogP contribution in [0.4, 0.5) is 8.78 Å². The van der Waals surface area contributed by atoms with Crippen molar-refractivity contribution in [2.45, 2.75) is 6.54 Å². The zero-order valence-electron chi connectivity index (χ0n) is 14.1. The van der Waals surface area contributed by atoms with Crippen LogP contribution in [0.25, 0.3) is 17.1 Å². The molecule has 0 saturated carbocycles. The van der Waals surface area contributed by atoms with Crippen molar-refractivity contribution in [2.24, 2.45) is 0 Å². The molecule has 0 amide bonds. The largest absolute Gasteiger partial charge is 0.328 e. The van der Waals surface area contributed by atoms with Crippen LogP contribution in [0.3, 0.4) is 0 Å². The molecule has 0 fully saturated rings. The third kappa shape index (κ3) is 3.32. The van der Waals surface area contributed by atoms with Crippen molar-refractivity contribution in [2.75, 3.05) is 0 Å². The zero-order valence-corrected chi connectivity index (χ0v) is 15.7. The van der Waals surface area contributed by atoms with Gasteiger partial charge in [0.05, 0.1) is 17.8 Å². The van der Waals surface area contributed by atoms with E-state index in [1.807, 2.05) is 6.07 Å². The maximum atomic E-state index is 14.2. The van der Waals surface area contributed by atoms with Gasteiger partial charge in [-0.05, 0) is 48.1 Å². The number of benzene rings is 1.